The summed E-state index contributed by atoms with van der Waals surface area (Å²) in [4.78, 5) is 19.0. The summed E-state index contributed by atoms with van der Waals surface area (Å²) < 4.78 is 34.1. The van der Waals surface area contributed by atoms with E-state index in [0.717, 1.165) is 28.0 Å². The largest absolute Gasteiger partial charge is 0.489 e. The highest BCUT2D eigenvalue weighted by atomic mass is 19.1. The molecule has 0 aromatic heterocycles. The number of hydrogen-bond donors (Lipinski definition) is 0. The van der Waals surface area contributed by atoms with E-state index >= 15 is 4.79 Å². The first kappa shape index (κ1) is 34.9. The van der Waals surface area contributed by atoms with Crippen LogP contribution in [0.4, 0.5) is 9.18 Å². The number of halogens is 1. The molecule has 0 saturated carbocycles. The van der Waals surface area contributed by atoms with Crippen molar-refractivity contribution in [2.75, 3.05) is 0 Å². The van der Waals surface area contributed by atoms with Crippen LogP contribution < -0.4 is 4.74 Å². The molecule has 5 aromatic rings. The minimum atomic E-state index is -0.904. The van der Waals surface area contributed by atoms with Gasteiger partial charge in [-0.1, -0.05) is 109 Å². The molecule has 264 valence electrons. The number of hydrogen-bond acceptors (Lipinski definition) is 5. The molecule has 2 heterocycles. The van der Waals surface area contributed by atoms with Crippen molar-refractivity contribution in [1.82, 2.24) is 9.80 Å². The number of rotatable bonds is 11. The molecule has 4 atom stereocenters. The molecule has 0 spiro atoms. The van der Waals surface area contributed by atoms with Crippen LogP contribution >= 0.6 is 0 Å². The van der Waals surface area contributed by atoms with E-state index < -0.39 is 29.9 Å². The molecule has 7 nitrogen and oxygen atoms in total. The van der Waals surface area contributed by atoms with Gasteiger partial charge in [-0.2, -0.15) is 5.26 Å². The summed E-state index contributed by atoms with van der Waals surface area (Å²) in [6, 6.07) is 43.5. The van der Waals surface area contributed by atoms with Crippen molar-refractivity contribution in [2.45, 2.75) is 76.5 Å². The molecule has 0 unspecified atom stereocenters. The Morgan fingerprint density at radius 1 is 0.673 bits per heavy atom. The number of benzene rings is 5. The summed E-state index contributed by atoms with van der Waals surface area (Å²) in [5.74, 6) is -0.762. The number of amides is 2. The van der Waals surface area contributed by atoms with Crippen LogP contribution in [0.5, 0.6) is 5.75 Å². The minimum absolute atomic E-state index is 0.0628. The first-order valence-electron chi connectivity index (χ1n) is 17.7. The topological polar surface area (TPSA) is 75.0 Å². The maximum atomic E-state index is 15.3. The first-order valence-corrected chi connectivity index (χ1v) is 17.7. The van der Waals surface area contributed by atoms with Gasteiger partial charge >= 0.3 is 6.03 Å². The molecule has 2 fully saturated rings. The Morgan fingerprint density at radius 2 is 1.15 bits per heavy atom. The van der Waals surface area contributed by atoms with E-state index in [4.69, 9.17) is 14.2 Å². The Balaban J connectivity index is 1.28. The summed E-state index contributed by atoms with van der Waals surface area (Å²) in [6.45, 7) is 4.76. The van der Waals surface area contributed by atoms with Crippen LogP contribution in [0.3, 0.4) is 0 Å². The highest BCUT2D eigenvalue weighted by Gasteiger charge is 2.55. The maximum absolute atomic E-state index is 15.3. The minimum Gasteiger partial charge on any atom is -0.489 e. The van der Waals surface area contributed by atoms with Crippen molar-refractivity contribution in [1.29, 1.82) is 5.26 Å². The zero-order chi connectivity index (χ0) is 36.1. The van der Waals surface area contributed by atoms with Crippen LogP contribution in [0.25, 0.3) is 0 Å². The van der Waals surface area contributed by atoms with E-state index in [0.29, 0.717) is 31.6 Å². The van der Waals surface area contributed by atoms with Gasteiger partial charge in [-0.3, -0.25) is 0 Å². The summed E-state index contributed by atoms with van der Waals surface area (Å²) in [7, 11) is 0. The molecule has 7 rings (SSSR count). The van der Waals surface area contributed by atoms with Crippen LogP contribution in [-0.4, -0.2) is 45.9 Å². The van der Waals surface area contributed by atoms with Crippen molar-refractivity contribution >= 4 is 6.03 Å². The number of carbonyl (C=O) groups excluding carboxylic acids is 1. The summed E-state index contributed by atoms with van der Waals surface area (Å²) in [5.41, 5.74) is 4.73. The third-order valence-electron chi connectivity index (χ3n) is 9.82. The second-order valence-corrected chi connectivity index (χ2v) is 14.0. The van der Waals surface area contributed by atoms with E-state index in [9.17, 15) is 9.65 Å². The number of fused-ring (bicyclic) bond motifs is 1. The Bertz CT molecular complexity index is 2000. The molecule has 5 aromatic carbocycles. The van der Waals surface area contributed by atoms with Gasteiger partial charge in [0.15, 0.2) is 5.79 Å². The van der Waals surface area contributed by atoms with E-state index in [1.807, 2.05) is 121 Å². The summed E-state index contributed by atoms with van der Waals surface area (Å²) in [6.07, 6.45) is 0.113. The van der Waals surface area contributed by atoms with Crippen molar-refractivity contribution in [2.24, 2.45) is 0 Å². The molecule has 0 N–H and O–H groups in total. The van der Waals surface area contributed by atoms with Gasteiger partial charge in [-0.05, 0) is 78.8 Å². The fourth-order valence-corrected chi connectivity index (χ4v) is 7.33. The zero-order valence-corrected chi connectivity index (χ0v) is 29.4. The molecule has 0 bridgehead atoms. The maximum Gasteiger partial charge on any atom is 0.321 e. The molecule has 0 aliphatic carbocycles. The van der Waals surface area contributed by atoms with Crippen LogP contribution in [0.15, 0.2) is 133 Å². The molecular formula is C44H42FN3O4. The van der Waals surface area contributed by atoms with Gasteiger partial charge in [0.25, 0.3) is 0 Å². The number of urea groups is 1. The lowest BCUT2D eigenvalue weighted by molar-refractivity contribution is -0.157. The van der Waals surface area contributed by atoms with Crippen molar-refractivity contribution in [3.63, 3.8) is 0 Å². The van der Waals surface area contributed by atoms with E-state index in [1.54, 1.807) is 6.07 Å². The molecule has 2 amide bonds. The van der Waals surface area contributed by atoms with E-state index in [-0.39, 0.29) is 24.2 Å². The fraction of sp³-hybridized carbons (Fsp3) is 0.273. The Morgan fingerprint density at radius 3 is 1.67 bits per heavy atom. The molecular weight excluding hydrogens is 653 g/mol. The third-order valence-corrected chi connectivity index (χ3v) is 9.82. The highest BCUT2D eigenvalue weighted by Crippen LogP contribution is 2.40. The van der Waals surface area contributed by atoms with Crippen LogP contribution in [-0.2, 0) is 42.0 Å². The molecule has 8 heteroatoms. The zero-order valence-electron chi connectivity index (χ0n) is 29.4. The number of nitrogens with zero attached hydrogens (tertiary/aromatic N) is 3. The van der Waals surface area contributed by atoms with Crippen LogP contribution in [0, 0.1) is 17.1 Å². The first-order chi connectivity index (χ1) is 25.3. The Hall–Kier alpha value is -5.49. The number of carbonyl (C=O) groups is 1. The summed E-state index contributed by atoms with van der Waals surface area (Å²) in [5, 5.41) is 9.64. The second-order valence-electron chi connectivity index (χ2n) is 14.0. The standard InChI is InChI=1S/C44H42FN3O4/c1-44(2)51-41-39(25-31-12-6-3-7-13-31)47(28-33-18-21-37(22-19-33)50-30-34-16-10-5-11-17-34)43(49)48(29-35-20-23-38(45)36(24-35)27-46)40(42(41)52-44)26-32-14-8-4-9-15-32/h3-24,39-42H,25-26,28-30H2,1-2H3/t39-,40-,41+,42+/m1/s1. The lowest BCUT2D eigenvalue weighted by Gasteiger charge is -2.37. The molecule has 2 aliphatic heterocycles. The average molecular weight is 696 g/mol. The SMILES string of the molecule is CC1(C)O[C@@H]2[C@@H](O1)[C@@H](Cc1ccccc1)N(Cc1ccc(F)c(C#N)c1)C(=O)N(Cc1ccc(OCc3ccccc3)cc1)[C@@H]2Cc1ccccc1. The third kappa shape index (κ3) is 8.02. The highest BCUT2D eigenvalue weighted by molar-refractivity contribution is 5.76. The molecule has 52 heavy (non-hydrogen) atoms. The van der Waals surface area contributed by atoms with E-state index in [1.165, 1.54) is 12.1 Å². The van der Waals surface area contributed by atoms with Crippen molar-refractivity contribution < 1.29 is 23.4 Å². The average Bonchev–Trinajstić information content (AvgIpc) is 3.47. The van der Waals surface area contributed by atoms with E-state index in [2.05, 4.69) is 24.3 Å². The van der Waals surface area contributed by atoms with Crippen LogP contribution in [0.2, 0.25) is 0 Å². The van der Waals surface area contributed by atoms with Crippen molar-refractivity contribution in [3.8, 4) is 11.8 Å². The normalized spacial score (nSPS) is 20.9. The second kappa shape index (κ2) is 15.4. The van der Waals surface area contributed by atoms with Gasteiger partial charge in [0.2, 0.25) is 0 Å². The van der Waals surface area contributed by atoms with Gasteiger partial charge < -0.3 is 24.0 Å². The summed E-state index contributed by atoms with van der Waals surface area (Å²) >= 11 is 0. The van der Waals surface area contributed by atoms with Gasteiger partial charge in [-0.25, -0.2) is 9.18 Å². The molecule has 0 radical (unpaired) electrons. The Labute approximate surface area is 304 Å². The lowest BCUT2D eigenvalue weighted by Crippen LogP contribution is -2.51. The number of nitriles is 1. The lowest BCUT2D eigenvalue weighted by atomic mass is 9.91. The van der Waals surface area contributed by atoms with Crippen LogP contribution in [0.1, 0.15) is 47.2 Å². The van der Waals surface area contributed by atoms with Gasteiger partial charge in [0.1, 0.15) is 36.5 Å². The Kier molecular flexibility index (Phi) is 10.3. The van der Waals surface area contributed by atoms with Gasteiger partial charge in [-0.15, -0.1) is 0 Å². The quantitative estimate of drug-likeness (QED) is 0.139. The monoisotopic (exact) mass is 695 g/mol. The predicted molar refractivity (Wildman–Crippen MR) is 197 cm³/mol. The smallest absolute Gasteiger partial charge is 0.321 e. The van der Waals surface area contributed by atoms with Gasteiger partial charge in [0, 0.05) is 13.1 Å². The van der Waals surface area contributed by atoms with Gasteiger partial charge in [0.05, 0.1) is 17.6 Å². The predicted octanol–water partition coefficient (Wildman–Crippen LogP) is 8.46. The fourth-order valence-electron chi connectivity index (χ4n) is 7.33. The molecule has 2 aliphatic rings. The van der Waals surface area contributed by atoms with Crippen molar-refractivity contribution in [3.05, 3.63) is 173 Å². The molecule has 2 saturated heterocycles. The number of ether oxygens (including phenoxy) is 3.